The zero-order valence-corrected chi connectivity index (χ0v) is 23.6. The molecule has 5 aromatic rings. The van der Waals surface area contributed by atoms with Crippen LogP contribution in [0, 0.1) is 5.82 Å². The Kier molecular flexibility index (Phi) is 8.26. The van der Waals surface area contributed by atoms with Crippen LogP contribution in [0.25, 0.3) is 34.3 Å². The first-order valence-electron chi connectivity index (χ1n) is 12.6. The number of rotatable bonds is 10. The minimum absolute atomic E-state index is 0.0219. The van der Waals surface area contributed by atoms with E-state index in [4.69, 9.17) is 0 Å². The molecule has 0 saturated carbocycles. The van der Waals surface area contributed by atoms with Gasteiger partial charge in [-0.25, -0.2) is 17.8 Å². The van der Waals surface area contributed by atoms with Gasteiger partial charge in [0.15, 0.2) is 11.6 Å². The average Bonchev–Trinajstić information content (AvgIpc) is 3.62. The maximum atomic E-state index is 13.4. The summed E-state index contributed by atoms with van der Waals surface area (Å²) in [5.41, 5.74) is 2.41. The standard InChI is InChI=1S/C26H24FN11O4S/c1-38(43(2,41)42)14-21(40)31-26-32-23(34-36-26)19-10-4-9-18(29-19)17-8-5-11-28-22(17)24-33-25(37-35-24)30-20(39)13-15-6-3-7-16(27)12-15/h3-12H,13-14H2,1-2H3,(H2,30,33,35,37,39)(H2,31,32,34,36,40). The Labute approximate surface area is 244 Å². The summed E-state index contributed by atoms with van der Waals surface area (Å²) in [5.74, 6) is -0.974. The summed E-state index contributed by atoms with van der Waals surface area (Å²) in [7, 11) is -2.25. The fraction of sp³-hybridized carbons (Fsp3) is 0.154. The second-order valence-electron chi connectivity index (χ2n) is 9.24. The number of hydrogen-bond acceptors (Lipinski definition) is 10. The van der Waals surface area contributed by atoms with Crippen LogP contribution in [0.15, 0.2) is 60.8 Å². The average molecular weight is 606 g/mol. The predicted molar refractivity (Wildman–Crippen MR) is 153 cm³/mol. The number of benzene rings is 1. The van der Waals surface area contributed by atoms with E-state index < -0.39 is 34.2 Å². The van der Waals surface area contributed by atoms with Gasteiger partial charge < -0.3 is 0 Å². The van der Waals surface area contributed by atoms with Crippen LogP contribution in [0.4, 0.5) is 16.3 Å². The van der Waals surface area contributed by atoms with Crippen LogP contribution >= 0.6 is 0 Å². The molecule has 2 amide bonds. The van der Waals surface area contributed by atoms with Crippen molar-refractivity contribution in [1.29, 1.82) is 0 Å². The number of sulfonamides is 1. The Balaban J connectivity index is 1.31. The second-order valence-corrected chi connectivity index (χ2v) is 11.3. The molecule has 0 aliphatic rings. The van der Waals surface area contributed by atoms with E-state index >= 15 is 0 Å². The molecule has 0 radical (unpaired) electrons. The lowest BCUT2D eigenvalue weighted by Crippen LogP contribution is -2.34. The lowest BCUT2D eigenvalue weighted by molar-refractivity contribution is -0.116. The largest absolute Gasteiger partial charge is 0.293 e. The monoisotopic (exact) mass is 605 g/mol. The lowest BCUT2D eigenvalue weighted by atomic mass is 10.1. The number of likely N-dealkylation sites (N-methyl/N-ethyl adjacent to an activating group) is 1. The highest BCUT2D eigenvalue weighted by atomic mass is 32.2. The molecule has 0 unspecified atom stereocenters. The molecule has 4 N–H and O–H groups in total. The number of hydrogen-bond donors (Lipinski definition) is 4. The first-order valence-corrected chi connectivity index (χ1v) is 14.4. The maximum Gasteiger partial charge on any atom is 0.249 e. The van der Waals surface area contributed by atoms with Gasteiger partial charge in [-0.15, -0.1) is 10.2 Å². The number of carbonyl (C=O) groups excluding carboxylic acids is 2. The summed E-state index contributed by atoms with van der Waals surface area (Å²) >= 11 is 0. The third kappa shape index (κ3) is 7.27. The van der Waals surface area contributed by atoms with Crippen molar-refractivity contribution in [3.05, 3.63) is 72.2 Å². The van der Waals surface area contributed by atoms with Gasteiger partial charge in [-0.3, -0.25) is 35.4 Å². The van der Waals surface area contributed by atoms with Crippen LogP contribution in [0.1, 0.15) is 5.56 Å². The number of aromatic amines is 2. The lowest BCUT2D eigenvalue weighted by Gasteiger charge is -2.12. The fourth-order valence-corrected chi connectivity index (χ4v) is 4.21. The number of anilines is 2. The number of nitrogens with zero attached hydrogens (tertiary/aromatic N) is 7. The van der Waals surface area contributed by atoms with Crippen LogP contribution in [0.5, 0.6) is 0 Å². The van der Waals surface area contributed by atoms with Gasteiger partial charge in [-0.2, -0.15) is 14.3 Å². The molecule has 17 heteroatoms. The first-order chi connectivity index (χ1) is 20.5. The summed E-state index contributed by atoms with van der Waals surface area (Å²) in [4.78, 5) is 42.3. The number of pyridine rings is 2. The van der Waals surface area contributed by atoms with E-state index in [1.807, 2.05) is 0 Å². The van der Waals surface area contributed by atoms with E-state index in [2.05, 4.69) is 51.0 Å². The third-order valence-electron chi connectivity index (χ3n) is 5.96. The summed E-state index contributed by atoms with van der Waals surface area (Å²) < 4.78 is 37.4. The Bertz CT molecular complexity index is 1910. The highest BCUT2D eigenvalue weighted by molar-refractivity contribution is 7.88. The molecule has 0 spiro atoms. The van der Waals surface area contributed by atoms with E-state index in [1.54, 1.807) is 42.6 Å². The molecule has 0 aliphatic heterocycles. The van der Waals surface area contributed by atoms with Crippen LogP contribution in [0.2, 0.25) is 0 Å². The molecular formula is C26H24FN11O4S. The van der Waals surface area contributed by atoms with Crippen molar-refractivity contribution in [3.63, 3.8) is 0 Å². The summed E-state index contributed by atoms with van der Waals surface area (Å²) in [5, 5.41) is 18.5. The van der Waals surface area contributed by atoms with Crippen LogP contribution in [0.3, 0.4) is 0 Å². The van der Waals surface area contributed by atoms with Crippen LogP contribution in [-0.4, -0.2) is 84.7 Å². The quantitative estimate of drug-likeness (QED) is 0.182. The Hall–Kier alpha value is -5.42. The molecule has 0 atom stereocenters. The molecule has 0 saturated heterocycles. The third-order valence-corrected chi connectivity index (χ3v) is 7.22. The topological polar surface area (TPSA) is 204 Å². The van der Waals surface area contributed by atoms with Crippen molar-refractivity contribution in [2.45, 2.75) is 6.42 Å². The summed E-state index contributed by atoms with van der Waals surface area (Å²) in [6, 6.07) is 14.4. The zero-order valence-electron chi connectivity index (χ0n) is 22.7. The van der Waals surface area contributed by atoms with E-state index in [1.165, 1.54) is 25.2 Å². The molecule has 5 rings (SSSR count). The first kappa shape index (κ1) is 29.1. The number of aromatic nitrogens is 8. The molecule has 0 bridgehead atoms. The van der Waals surface area contributed by atoms with Gasteiger partial charge in [0.05, 0.1) is 24.9 Å². The zero-order chi connectivity index (χ0) is 30.6. The highest BCUT2D eigenvalue weighted by Gasteiger charge is 2.19. The van der Waals surface area contributed by atoms with Gasteiger partial charge in [0.25, 0.3) is 0 Å². The molecule has 220 valence electrons. The maximum absolute atomic E-state index is 13.4. The van der Waals surface area contributed by atoms with E-state index in [9.17, 15) is 22.4 Å². The Morgan fingerprint density at radius 1 is 0.884 bits per heavy atom. The Morgan fingerprint density at radius 2 is 1.56 bits per heavy atom. The number of amides is 2. The van der Waals surface area contributed by atoms with E-state index in [0.717, 1.165) is 10.6 Å². The van der Waals surface area contributed by atoms with Gasteiger partial charge in [0.1, 0.15) is 17.2 Å². The number of carbonyl (C=O) groups is 2. The molecule has 15 nitrogen and oxygen atoms in total. The van der Waals surface area contributed by atoms with E-state index in [0.29, 0.717) is 28.2 Å². The number of H-pyrrole nitrogens is 2. The van der Waals surface area contributed by atoms with Gasteiger partial charge in [0, 0.05) is 18.8 Å². The predicted octanol–water partition coefficient (Wildman–Crippen LogP) is 1.86. The fourth-order valence-electron chi connectivity index (χ4n) is 3.86. The van der Waals surface area contributed by atoms with Gasteiger partial charge >= 0.3 is 0 Å². The van der Waals surface area contributed by atoms with Crippen LogP contribution < -0.4 is 10.6 Å². The van der Waals surface area contributed by atoms with Crippen molar-refractivity contribution in [3.8, 4) is 34.3 Å². The Morgan fingerprint density at radius 3 is 2.30 bits per heavy atom. The minimum atomic E-state index is -3.53. The molecule has 43 heavy (non-hydrogen) atoms. The van der Waals surface area contributed by atoms with Crippen molar-refractivity contribution < 1.29 is 22.4 Å². The molecule has 0 fully saturated rings. The van der Waals surface area contributed by atoms with Crippen LogP contribution in [-0.2, 0) is 26.0 Å². The van der Waals surface area contributed by atoms with Crippen molar-refractivity contribution in [1.82, 2.24) is 44.6 Å². The van der Waals surface area contributed by atoms with Crippen molar-refractivity contribution >= 4 is 33.7 Å². The minimum Gasteiger partial charge on any atom is -0.293 e. The van der Waals surface area contributed by atoms with Gasteiger partial charge in [-0.1, -0.05) is 18.2 Å². The number of halogens is 1. The molecule has 4 heterocycles. The summed E-state index contributed by atoms with van der Waals surface area (Å²) in [6.45, 7) is -0.403. The summed E-state index contributed by atoms with van der Waals surface area (Å²) in [6.07, 6.45) is 2.51. The molecular weight excluding hydrogens is 581 g/mol. The van der Waals surface area contributed by atoms with Crippen molar-refractivity contribution in [2.24, 2.45) is 0 Å². The van der Waals surface area contributed by atoms with Crippen molar-refractivity contribution in [2.75, 3.05) is 30.5 Å². The smallest absolute Gasteiger partial charge is 0.249 e. The van der Waals surface area contributed by atoms with E-state index in [-0.39, 0.29) is 30.0 Å². The number of nitrogens with one attached hydrogen (secondary N) is 4. The van der Waals surface area contributed by atoms with Gasteiger partial charge in [-0.05, 0) is 42.0 Å². The second kappa shape index (κ2) is 12.2. The normalized spacial score (nSPS) is 11.4. The highest BCUT2D eigenvalue weighted by Crippen LogP contribution is 2.28. The molecule has 0 aliphatic carbocycles. The SMILES string of the molecule is CN(CC(=O)Nc1n[nH]c(-c2cccc(-c3cccnc3-c3nc(NC(=O)Cc4cccc(F)c4)n[nH]3)n2)n1)S(C)(=O)=O. The van der Waals surface area contributed by atoms with Gasteiger partial charge in [0.2, 0.25) is 33.7 Å². The molecule has 1 aromatic carbocycles. The molecule has 4 aromatic heterocycles.